The van der Waals surface area contributed by atoms with Crippen LogP contribution >= 0.6 is 7.82 Å². The molecule has 0 fully saturated rings. The van der Waals surface area contributed by atoms with Gasteiger partial charge in [-0.05, 0) is 51.4 Å². The number of carbonyl (C=O) groups is 2. The fourth-order valence-corrected chi connectivity index (χ4v) is 7.02. The number of carbonyl (C=O) groups excluding carboxylic acids is 2. The van der Waals surface area contributed by atoms with Crippen molar-refractivity contribution < 1.29 is 37.9 Å². The zero-order valence-corrected chi connectivity index (χ0v) is 37.6. The first-order chi connectivity index (χ1) is 27.8. The Morgan fingerprint density at radius 2 is 0.842 bits per heavy atom. The topological polar surface area (TPSA) is 119 Å². The lowest BCUT2D eigenvalue weighted by molar-refractivity contribution is -0.161. The van der Waals surface area contributed by atoms with E-state index in [9.17, 15) is 14.2 Å². The molecule has 332 valence electrons. The highest BCUT2D eigenvalue weighted by Crippen LogP contribution is 2.36. The van der Waals surface area contributed by atoms with Crippen LogP contribution in [-0.4, -0.2) is 41.0 Å². The zero-order chi connectivity index (χ0) is 41.8. The molecule has 1 atom stereocenters. The van der Waals surface area contributed by atoms with E-state index in [1.165, 1.54) is 135 Å². The molecule has 2 N–H and O–H groups in total. The fourth-order valence-electron chi connectivity index (χ4n) is 6.66. The van der Waals surface area contributed by atoms with Crippen LogP contribution in [0.2, 0.25) is 0 Å². The standard InChI is InChI=1S/C48H87O8P/c1-3-5-7-9-11-13-15-17-19-20-21-22-23-24-25-26-27-29-30-32-34-36-38-40-42-47(49)54-44-46(45-55-57(51,52)53)56-48(50)43-41-39-37-35-33-31-28-18-16-14-12-10-8-6-4-2/h6,8,12,14,18,28,33,35,46H,3-5,7,9-11,13,15-17,19-27,29-32,34,36-45H2,1-2H3,(H2,51,52,53)/b8-6-,14-12-,28-18-,35-33-. The molecule has 0 aromatic heterocycles. The van der Waals surface area contributed by atoms with Crippen molar-refractivity contribution in [1.82, 2.24) is 0 Å². The fraction of sp³-hybridized carbons (Fsp3) is 0.792. The predicted molar refractivity (Wildman–Crippen MR) is 239 cm³/mol. The number of hydrogen-bond acceptors (Lipinski definition) is 6. The Morgan fingerprint density at radius 1 is 0.474 bits per heavy atom. The van der Waals surface area contributed by atoms with E-state index < -0.39 is 32.5 Å². The van der Waals surface area contributed by atoms with Gasteiger partial charge in [0, 0.05) is 12.8 Å². The van der Waals surface area contributed by atoms with Crippen LogP contribution in [0, 0.1) is 0 Å². The number of hydrogen-bond donors (Lipinski definition) is 2. The Labute approximate surface area is 350 Å². The van der Waals surface area contributed by atoms with Crippen molar-refractivity contribution in [3.63, 3.8) is 0 Å². The molecule has 8 nitrogen and oxygen atoms in total. The highest BCUT2D eigenvalue weighted by atomic mass is 31.2. The summed E-state index contributed by atoms with van der Waals surface area (Å²) in [7, 11) is -4.77. The number of phosphoric ester groups is 1. The van der Waals surface area contributed by atoms with Crippen molar-refractivity contribution in [1.29, 1.82) is 0 Å². The van der Waals surface area contributed by atoms with E-state index in [2.05, 4.69) is 67.0 Å². The SMILES string of the molecule is CC/C=C\C/C=C\C/C=C\C/C=C\CCCCC(=O)OC(COC(=O)CCCCCCCCCCCCCCCCCCCCCCCCCC)COP(=O)(O)O. The third-order valence-corrected chi connectivity index (χ3v) is 10.6. The summed E-state index contributed by atoms with van der Waals surface area (Å²) in [5.41, 5.74) is 0. The molecular formula is C48H87O8P. The smallest absolute Gasteiger partial charge is 0.462 e. The molecule has 57 heavy (non-hydrogen) atoms. The summed E-state index contributed by atoms with van der Waals surface area (Å²) in [6.07, 6.45) is 54.3. The van der Waals surface area contributed by atoms with Gasteiger partial charge in [0.1, 0.15) is 6.61 Å². The number of unbranched alkanes of at least 4 members (excludes halogenated alkanes) is 25. The molecule has 9 heteroatoms. The normalized spacial score (nSPS) is 12.8. The number of ether oxygens (including phenoxy) is 2. The van der Waals surface area contributed by atoms with Crippen molar-refractivity contribution >= 4 is 19.8 Å². The Kier molecular flexibility index (Phi) is 42.1. The summed E-state index contributed by atoms with van der Waals surface area (Å²) in [5, 5.41) is 0. The molecule has 0 rings (SSSR count). The van der Waals surface area contributed by atoms with E-state index in [4.69, 9.17) is 19.3 Å². The Bertz CT molecular complexity index is 1060. The molecule has 0 aliphatic heterocycles. The number of esters is 2. The molecule has 0 radical (unpaired) electrons. The van der Waals surface area contributed by atoms with Crippen LogP contribution in [0.5, 0.6) is 0 Å². The molecule has 0 amide bonds. The van der Waals surface area contributed by atoms with Crippen LogP contribution in [0.15, 0.2) is 48.6 Å². The van der Waals surface area contributed by atoms with Crippen LogP contribution in [0.4, 0.5) is 0 Å². The van der Waals surface area contributed by atoms with E-state index in [-0.39, 0.29) is 19.4 Å². The number of phosphoric acid groups is 1. The van der Waals surface area contributed by atoms with Gasteiger partial charge in [-0.2, -0.15) is 0 Å². The Hall–Kier alpha value is -1.99. The Morgan fingerprint density at radius 3 is 1.26 bits per heavy atom. The summed E-state index contributed by atoms with van der Waals surface area (Å²) in [5.74, 6) is -0.926. The summed E-state index contributed by atoms with van der Waals surface area (Å²) in [6, 6.07) is 0. The second-order valence-corrected chi connectivity index (χ2v) is 16.9. The molecule has 0 spiro atoms. The van der Waals surface area contributed by atoms with Crippen molar-refractivity contribution in [3.05, 3.63) is 48.6 Å². The molecule has 0 bridgehead atoms. The zero-order valence-electron chi connectivity index (χ0n) is 36.7. The van der Waals surface area contributed by atoms with Gasteiger partial charge in [0.15, 0.2) is 6.10 Å². The van der Waals surface area contributed by atoms with E-state index >= 15 is 0 Å². The quantitative estimate of drug-likeness (QED) is 0.0270. The molecule has 0 aliphatic carbocycles. The van der Waals surface area contributed by atoms with Gasteiger partial charge in [-0.15, -0.1) is 0 Å². The van der Waals surface area contributed by atoms with E-state index in [1.807, 2.05) is 0 Å². The van der Waals surface area contributed by atoms with Gasteiger partial charge in [0.25, 0.3) is 0 Å². The van der Waals surface area contributed by atoms with Gasteiger partial charge >= 0.3 is 19.8 Å². The van der Waals surface area contributed by atoms with Crippen molar-refractivity contribution in [2.75, 3.05) is 13.2 Å². The molecule has 0 saturated carbocycles. The van der Waals surface area contributed by atoms with Gasteiger partial charge in [-0.3, -0.25) is 14.1 Å². The third-order valence-electron chi connectivity index (χ3n) is 10.1. The summed E-state index contributed by atoms with van der Waals surface area (Å²) < 4.78 is 26.4. The molecule has 1 unspecified atom stereocenters. The number of allylic oxidation sites excluding steroid dienone is 8. The van der Waals surface area contributed by atoms with Crippen LogP contribution in [-0.2, 0) is 28.2 Å². The minimum atomic E-state index is -4.77. The summed E-state index contributed by atoms with van der Waals surface area (Å²) in [6.45, 7) is 3.56. The van der Waals surface area contributed by atoms with Crippen molar-refractivity contribution in [2.45, 2.75) is 232 Å². The molecule has 0 saturated heterocycles. The van der Waals surface area contributed by atoms with Crippen molar-refractivity contribution in [2.24, 2.45) is 0 Å². The first kappa shape index (κ1) is 55.0. The lowest BCUT2D eigenvalue weighted by atomic mass is 10.0. The average Bonchev–Trinajstić information content (AvgIpc) is 3.18. The van der Waals surface area contributed by atoms with E-state index in [0.717, 1.165) is 57.8 Å². The largest absolute Gasteiger partial charge is 0.469 e. The van der Waals surface area contributed by atoms with Gasteiger partial charge < -0.3 is 19.3 Å². The monoisotopic (exact) mass is 823 g/mol. The maximum absolute atomic E-state index is 12.4. The van der Waals surface area contributed by atoms with E-state index in [1.54, 1.807) is 0 Å². The second-order valence-electron chi connectivity index (χ2n) is 15.7. The molecule has 0 heterocycles. The van der Waals surface area contributed by atoms with E-state index in [0.29, 0.717) is 6.42 Å². The van der Waals surface area contributed by atoms with Gasteiger partial charge in [-0.25, -0.2) is 4.57 Å². The molecule has 0 aromatic rings. The highest BCUT2D eigenvalue weighted by molar-refractivity contribution is 7.46. The highest BCUT2D eigenvalue weighted by Gasteiger charge is 2.22. The maximum atomic E-state index is 12.4. The summed E-state index contributed by atoms with van der Waals surface area (Å²) >= 11 is 0. The Balaban J connectivity index is 3.83. The van der Waals surface area contributed by atoms with Crippen LogP contribution in [0.3, 0.4) is 0 Å². The lowest BCUT2D eigenvalue weighted by Gasteiger charge is -2.18. The minimum Gasteiger partial charge on any atom is -0.462 e. The van der Waals surface area contributed by atoms with Crippen LogP contribution < -0.4 is 0 Å². The van der Waals surface area contributed by atoms with Crippen LogP contribution in [0.25, 0.3) is 0 Å². The average molecular weight is 823 g/mol. The molecule has 0 aliphatic rings. The predicted octanol–water partition coefficient (Wildman–Crippen LogP) is 14.7. The first-order valence-electron chi connectivity index (χ1n) is 23.4. The maximum Gasteiger partial charge on any atom is 0.469 e. The third kappa shape index (κ3) is 46.6. The summed E-state index contributed by atoms with van der Waals surface area (Å²) in [4.78, 5) is 42.9. The van der Waals surface area contributed by atoms with Gasteiger partial charge in [0.2, 0.25) is 0 Å². The second kappa shape index (κ2) is 43.6. The van der Waals surface area contributed by atoms with Crippen molar-refractivity contribution in [3.8, 4) is 0 Å². The minimum absolute atomic E-state index is 0.160. The number of rotatable bonds is 43. The first-order valence-corrected chi connectivity index (χ1v) is 25.0. The van der Waals surface area contributed by atoms with Gasteiger partial charge in [0.05, 0.1) is 6.61 Å². The molecular weight excluding hydrogens is 735 g/mol. The van der Waals surface area contributed by atoms with Crippen LogP contribution in [0.1, 0.15) is 226 Å². The lowest BCUT2D eigenvalue weighted by Crippen LogP contribution is -2.29. The van der Waals surface area contributed by atoms with Gasteiger partial charge in [-0.1, -0.05) is 210 Å². The molecule has 0 aromatic carbocycles.